The summed E-state index contributed by atoms with van der Waals surface area (Å²) in [5.41, 5.74) is 0.752. The summed E-state index contributed by atoms with van der Waals surface area (Å²) >= 11 is 0. The van der Waals surface area contributed by atoms with E-state index in [9.17, 15) is 0 Å². The van der Waals surface area contributed by atoms with E-state index in [0.29, 0.717) is 28.7 Å². The van der Waals surface area contributed by atoms with Crippen LogP contribution in [0.5, 0.6) is 0 Å². The molecule has 2 aromatic heterocycles. The van der Waals surface area contributed by atoms with Crippen LogP contribution in [0, 0.1) is 23.7 Å². The fourth-order valence-corrected chi connectivity index (χ4v) is 2.12. The predicted octanol–water partition coefficient (Wildman–Crippen LogP) is 2.56. The van der Waals surface area contributed by atoms with Crippen molar-refractivity contribution in [3.05, 3.63) is 28.7 Å². The van der Waals surface area contributed by atoms with E-state index in [4.69, 9.17) is 19.0 Å². The summed E-state index contributed by atoms with van der Waals surface area (Å²) < 4.78 is 15.7. The lowest BCUT2D eigenvalue weighted by Gasteiger charge is -2.26. The Labute approximate surface area is 122 Å². The number of rotatable bonds is 4. The zero-order valence-corrected chi connectivity index (χ0v) is 12.8. The molecule has 112 valence electrons. The normalized spacial score (nSPS) is 13.1. The van der Waals surface area contributed by atoms with Crippen LogP contribution >= 0.6 is 0 Å². The largest absolute Gasteiger partial charge is 0.373 e. The van der Waals surface area contributed by atoms with Gasteiger partial charge in [-0.2, -0.15) is 10.2 Å². The molecule has 0 amide bonds. The van der Waals surface area contributed by atoms with Crippen LogP contribution in [0.1, 0.15) is 55.6 Å². The van der Waals surface area contributed by atoms with Crippen LogP contribution in [0.15, 0.2) is 9.05 Å². The van der Waals surface area contributed by atoms with Gasteiger partial charge in [-0.15, -0.1) is 0 Å². The first-order valence-corrected chi connectivity index (χ1v) is 6.57. The van der Waals surface area contributed by atoms with Crippen molar-refractivity contribution < 1.29 is 13.8 Å². The second-order valence-electron chi connectivity index (χ2n) is 5.88. The molecule has 0 spiro atoms. The quantitative estimate of drug-likeness (QED) is 0.853. The summed E-state index contributed by atoms with van der Waals surface area (Å²) in [6.45, 7) is 7.79. The van der Waals surface area contributed by atoms with E-state index in [1.807, 2.05) is 20.8 Å². The zero-order valence-electron chi connectivity index (χ0n) is 12.8. The average Bonchev–Trinajstić information content (AvgIpc) is 2.97. The van der Waals surface area contributed by atoms with Gasteiger partial charge in [-0.3, -0.25) is 0 Å². The zero-order chi connectivity index (χ0) is 15.6. The number of methoxy groups -OCH3 is 1. The first kappa shape index (κ1) is 15.2. The second kappa shape index (κ2) is 5.66. The van der Waals surface area contributed by atoms with Crippen molar-refractivity contribution in [3.8, 4) is 6.07 Å². The van der Waals surface area contributed by atoms with E-state index in [2.05, 4.69) is 21.4 Å². The third-order valence-corrected chi connectivity index (χ3v) is 3.10. The molecule has 0 bridgehead atoms. The van der Waals surface area contributed by atoms with Crippen molar-refractivity contribution in [3.63, 3.8) is 0 Å². The highest BCUT2D eigenvalue weighted by Gasteiger charge is 2.30. The summed E-state index contributed by atoms with van der Waals surface area (Å²) in [5.74, 6) is 1.34. The van der Waals surface area contributed by atoms with E-state index in [0.717, 1.165) is 0 Å². The molecule has 7 nitrogen and oxygen atoms in total. The van der Waals surface area contributed by atoms with Gasteiger partial charge in [0.15, 0.2) is 5.76 Å². The molecule has 0 fully saturated rings. The van der Waals surface area contributed by atoms with Gasteiger partial charge in [-0.25, -0.2) is 0 Å². The maximum Gasteiger partial charge on any atom is 0.232 e. The van der Waals surface area contributed by atoms with E-state index in [1.54, 1.807) is 14.0 Å². The minimum absolute atomic E-state index is 0.155. The van der Waals surface area contributed by atoms with Crippen LogP contribution in [0.25, 0.3) is 0 Å². The molecule has 0 saturated carbocycles. The van der Waals surface area contributed by atoms with Crippen molar-refractivity contribution in [1.82, 2.24) is 15.3 Å². The molecular formula is C14H18N4O3. The van der Waals surface area contributed by atoms with E-state index >= 15 is 0 Å². The lowest BCUT2D eigenvalue weighted by atomic mass is 9.88. The average molecular weight is 290 g/mol. The van der Waals surface area contributed by atoms with Gasteiger partial charge in [0.1, 0.15) is 23.4 Å². The monoisotopic (exact) mass is 290 g/mol. The summed E-state index contributed by atoms with van der Waals surface area (Å²) in [6.07, 6.45) is -0.0159. The van der Waals surface area contributed by atoms with Gasteiger partial charge in [0.2, 0.25) is 11.7 Å². The minimum atomic E-state index is -0.274. The first-order chi connectivity index (χ1) is 9.86. The number of nitriles is 1. The highest BCUT2D eigenvalue weighted by atomic mass is 16.5. The lowest BCUT2D eigenvalue weighted by Crippen LogP contribution is -2.21. The molecule has 0 aromatic carbocycles. The minimum Gasteiger partial charge on any atom is -0.373 e. The Kier molecular flexibility index (Phi) is 4.09. The van der Waals surface area contributed by atoms with E-state index in [-0.39, 0.29) is 17.9 Å². The van der Waals surface area contributed by atoms with Gasteiger partial charge in [-0.05, 0) is 12.3 Å². The number of hydrogen-bond acceptors (Lipinski definition) is 7. The van der Waals surface area contributed by atoms with Gasteiger partial charge < -0.3 is 13.8 Å². The van der Waals surface area contributed by atoms with Crippen molar-refractivity contribution in [2.45, 2.75) is 40.2 Å². The second-order valence-corrected chi connectivity index (χ2v) is 5.88. The van der Waals surface area contributed by atoms with Crippen molar-refractivity contribution in [2.75, 3.05) is 7.11 Å². The molecule has 0 aliphatic carbocycles. The third-order valence-electron chi connectivity index (χ3n) is 3.10. The molecule has 2 aromatic rings. The van der Waals surface area contributed by atoms with Crippen LogP contribution in [0.4, 0.5) is 0 Å². The Balaban J connectivity index is 2.23. The topological polar surface area (TPSA) is 98.0 Å². The van der Waals surface area contributed by atoms with Gasteiger partial charge >= 0.3 is 0 Å². The fourth-order valence-electron chi connectivity index (χ4n) is 2.12. The molecule has 2 rings (SSSR count). The summed E-state index contributed by atoms with van der Waals surface area (Å²) in [7, 11) is 1.61. The number of hydrogen-bond donors (Lipinski definition) is 0. The summed E-state index contributed by atoms with van der Waals surface area (Å²) in [5, 5.41) is 16.9. The van der Waals surface area contributed by atoms with Crippen LogP contribution < -0.4 is 0 Å². The third kappa shape index (κ3) is 3.11. The van der Waals surface area contributed by atoms with Crippen LogP contribution in [-0.2, 0) is 11.2 Å². The lowest BCUT2D eigenvalue weighted by molar-refractivity contribution is 0.00718. The Morgan fingerprint density at radius 3 is 2.57 bits per heavy atom. The molecule has 0 aliphatic rings. The smallest absolute Gasteiger partial charge is 0.232 e. The van der Waals surface area contributed by atoms with Crippen LogP contribution in [-0.4, -0.2) is 22.4 Å². The van der Waals surface area contributed by atoms with Crippen LogP contribution in [0.3, 0.4) is 0 Å². The molecule has 0 aliphatic heterocycles. The molecule has 2 heterocycles. The molecule has 0 N–H and O–H groups in total. The first-order valence-electron chi connectivity index (χ1n) is 6.57. The SMILES string of the molecule is COC(c1noc(Cc2noc(C)c2C#N)n1)C(C)(C)C. The Hall–Kier alpha value is -2.20. The van der Waals surface area contributed by atoms with Gasteiger partial charge in [0.25, 0.3) is 0 Å². The predicted molar refractivity (Wildman–Crippen MR) is 72.3 cm³/mol. The standard InChI is InChI=1S/C14H18N4O3/c1-8-9(7-15)10(17-20-8)6-11-16-13(18-21-11)12(19-5)14(2,3)4/h12H,6H2,1-5H3. The maximum atomic E-state index is 9.07. The number of aromatic nitrogens is 3. The fraction of sp³-hybridized carbons (Fsp3) is 0.571. The summed E-state index contributed by atoms with van der Waals surface area (Å²) in [6, 6.07) is 2.06. The molecule has 0 radical (unpaired) electrons. The molecule has 0 saturated heterocycles. The van der Waals surface area contributed by atoms with Crippen molar-refractivity contribution in [2.24, 2.45) is 5.41 Å². The molecule has 1 unspecified atom stereocenters. The highest BCUT2D eigenvalue weighted by molar-refractivity contribution is 5.36. The molecule has 7 heteroatoms. The number of aryl methyl sites for hydroxylation is 1. The summed E-state index contributed by atoms with van der Waals surface area (Å²) in [4.78, 5) is 4.33. The van der Waals surface area contributed by atoms with Gasteiger partial charge in [-0.1, -0.05) is 31.1 Å². The highest BCUT2D eigenvalue weighted by Crippen LogP contribution is 2.33. The van der Waals surface area contributed by atoms with Crippen molar-refractivity contribution >= 4 is 0 Å². The Morgan fingerprint density at radius 1 is 1.29 bits per heavy atom. The van der Waals surface area contributed by atoms with Gasteiger partial charge in [0.05, 0.1) is 6.42 Å². The van der Waals surface area contributed by atoms with Crippen molar-refractivity contribution in [1.29, 1.82) is 5.26 Å². The van der Waals surface area contributed by atoms with Gasteiger partial charge in [0, 0.05) is 7.11 Å². The molecular weight excluding hydrogens is 272 g/mol. The number of ether oxygens (including phenoxy) is 1. The van der Waals surface area contributed by atoms with Crippen LogP contribution in [0.2, 0.25) is 0 Å². The molecule has 21 heavy (non-hydrogen) atoms. The number of nitrogens with zero attached hydrogens (tertiary/aromatic N) is 4. The maximum absolute atomic E-state index is 9.07. The molecule has 1 atom stereocenters. The Bertz CT molecular complexity index is 661. The van der Waals surface area contributed by atoms with E-state index < -0.39 is 0 Å². The Morgan fingerprint density at radius 2 is 2.00 bits per heavy atom. The van der Waals surface area contributed by atoms with E-state index in [1.165, 1.54) is 0 Å².